The van der Waals surface area contributed by atoms with E-state index in [0.717, 1.165) is 14.9 Å². The maximum Gasteiger partial charge on any atom is 0.326 e. The van der Waals surface area contributed by atoms with Gasteiger partial charge in [0.05, 0.1) is 0 Å². The molecule has 1 aromatic carbocycles. The fourth-order valence-corrected chi connectivity index (χ4v) is 2.61. The normalized spacial score (nSPS) is 14.0. The van der Waals surface area contributed by atoms with Crippen LogP contribution < -0.4 is 0 Å². The highest BCUT2D eigenvalue weighted by molar-refractivity contribution is 9.10. The third kappa shape index (κ3) is 4.64. The molecular weight excluding hydrogens is 380 g/mol. The lowest BCUT2D eigenvalue weighted by atomic mass is 10.2. The number of carbonyl (C=O) groups excluding carboxylic acids is 4. The summed E-state index contributed by atoms with van der Waals surface area (Å²) in [7, 11) is 1.60. The van der Waals surface area contributed by atoms with Crippen LogP contribution in [0.4, 0.5) is 0 Å². The van der Waals surface area contributed by atoms with Gasteiger partial charge in [-0.05, 0) is 11.6 Å². The number of likely N-dealkylation sites (tertiary alicyclic amines) is 1. The number of imide groups is 1. The Balaban J connectivity index is 1.79. The number of nitrogens with zero attached hydrogens (tertiary/aromatic N) is 2. The first kappa shape index (κ1) is 18.1. The lowest BCUT2D eigenvalue weighted by Crippen LogP contribution is -2.37. The molecule has 3 amide bonds. The predicted octanol–water partition coefficient (Wildman–Crippen LogP) is 1.10. The van der Waals surface area contributed by atoms with Crippen LogP contribution in [0, 0.1) is 0 Å². The van der Waals surface area contributed by atoms with Gasteiger partial charge in [0.1, 0.15) is 6.54 Å². The molecule has 0 bridgehead atoms. The maximum absolute atomic E-state index is 12.0. The highest BCUT2D eigenvalue weighted by Gasteiger charge is 2.31. The molecule has 1 heterocycles. The number of hydrogen-bond donors (Lipinski definition) is 0. The summed E-state index contributed by atoms with van der Waals surface area (Å²) in [6.07, 6.45) is 0.222. The Morgan fingerprint density at radius 2 is 1.83 bits per heavy atom. The third-order valence-corrected chi connectivity index (χ3v) is 4.36. The van der Waals surface area contributed by atoms with Crippen molar-refractivity contribution >= 4 is 39.6 Å². The van der Waals surface area contributed by atoms with Gasteiger partial charge in [-0.15, -0.1) is 0 Å². The number of likely N-dealkylation sites (N-methyl/N-ethyl adjacent to an activating group) is 1. The summed E-state index contributed by atoms with van der Waals surface area (Å²) in [6, 6.07) is 7.49. The van der Waals surface area contributed by atoms with E-state index in [0.29, 0.717) is 6.54 Å². The number of carbonyl (C=O) groups is 4. The fraction of sp³-hybridized carbons (Fsp3) is 0.375. The Kier molecular flexibility index (Phi) is 6.08. The second kappa shape index (κ2) is 8.05. The zero-order chi connectivity index (χ0) is 17.7. The van der Waals surface area contributed by atoms with E-state index in [2.05, 4.69) is 15.9 Å². The third-order valence-electron chi connectivity index (χ3n) is 3.59. The molecule has 0 spiro atoms. The van der Waals surface area contributed by atoms with E-state index in [1.165, 1.54) is 4.90 Å². The molecule has 2 rings (SSSR count). The van der Waals surface area contributed by atoms with Crippen molar-refractivity contribution in [3.05, 3.63) is 34.3 Å². The van der Waals surface area contributed by atoms with Gasteiger partial charge in [-0.2, -0.15) is 0 Å². The lowest BCUT2D eigenvalue weighted by molar-refractivity contribution is -0.156. The average Bonchev–Trinajstić information content (AvgIpc) is 2.86. The van der Waals surface area contributed by atoms with Crippen molar-refractivity contribution in [3.63, 3.8) is 0 Å². The standard InChI is InChI=1S/C16H17BrN2O5/c1-18(8-11-4-2-3-5-12(11)17)15(22)10-24-16(23)9-19-13(20)6-7-14(19)21/h2-5H,6-10H2,1H3. The van der Waals surface area contributed by atoms with E-state index in [-0.39, 0.29) is 18.7 Å². The molecule has 0 unspecified atom stereocenters. The van der Waals surface area contributed by atoms with Crippen LogP contribution in [0.1, 0.15) is 18.4 Å². The van der Waals surface area contributed by atoms with Crippen molar-refractivity contribution in [1.29, 1.82) is 0 Å². The van der Waals surface area contributed by atoms with Crippen LogP contribution in [-0.2, 0) is 30.5 Å². The monoisotopic (exact) mass is 396 g/mol. The molecule has 128 valence electrons. The Labute approximate surface area is 147 Å². The van der Waals surface area contributed by atoms with Crippen LogP contribution >= 0.6 is 15.9 Å². The van der Waals surface area contributed by atoms with E-state index in [1.54, 1.807) is 7.05 Å². The second-order valence-corrected chi connectivity index (χ2v) is 6.23. The van der Waals surface area contributed by atoms with Crippen LogP contribution in [0.3, 0.4) is 0 Å². The first-order valence-corrected chi connectivity index (χ1v) is 8.14. The minimum atomic E-state index is -0.777. The number of ether oxygens (including phenoxy) is 1. The van der Waals surface area contributed by atoms with Gasteiger partial charge in [-0.3, -0.25) is 24.1 Å². The van der Waals surface area contributed by atoms with Crippen LogP contribution in [0.5, 0.6) is 0 Å². The zero-order valence-electron chi connectivity index (χ0n) is 13.2. The first-order valence-electron chi connectivity index (χ1n) is 7.34. The van der Waals surface area contributed by atoms with Gasteiger partial charge < -0.3 is 9.64 Å². The van der Waals surface area contributed by atoms with Gasteiger partial charge in [0.2, 0.25) is 11.8 Å². The maximum atomic E-state index is 12.0. The predicted molar refractivity (Wildman–Crippen MR) is 87.5 cm³/mol. The molecule has 0 aliphatic carbocycles. The lowest BCUT2D eigenvalue weighted by Gasteiger charge is -2.18. The molecule has 1 aliphatic heterocycles. The summed E-state index contributed by atoms with van der Waals surface area (Å²) in [5, 5.41) is 0. The van der Waals surface area contributed by atoms with Gasteiger partial charge in [-0.25, -0.2) is 0 Å². The number of amides is 3. The summed E-state index contributed by atoms with van der Waals surface area (Å²) in [4.78, 5) is 48.8. The average molecular weight is 397 g/mol. The van der Waals surface area contributed by atoms with Crippen molar-refractivity contribution in [3.8, 4) is 0 Å². The first-order chi connectivity index (χ1) is 11.4. The van der Waals surface area contributed by atoms with Crippen molar-refractivity contribution in [1.82, 2.24) is 9.80 Å². The van der Waals surface area contributed by atoms with E-state index in [9.17, 15) is 19.2 Å². The zero-order valence-corrected chi connectivity index (χ0v) is 14.7. The molecule has 0 aromatic heterocycles. The molecule has 1 saturated heterocycles. The number of benzene rings is 1. The summed E-state index contributed by atoms with van der Waals surface area (Å²) in [5.41, 5.74) is 0.924. The molecule has 7 nitrogen and oxygen atoms in total. The van der Waals surface area contributed by atoms with E-state index in [4.69, 9.17) is 4.74 Å². The molecule has 0 N–H and O–H groups in total. The number of hydrogen-bond acceptors (Lipinski definition) is 5. The van der Waals surface area contributed by atoms with Crippen LogP contribution in [-0.4, -0.2) is 53.7 Å². The fourth-order valence-electron chi connectivity index (χ4n) is 2.20. The van der Waals surface area contributed by atoms with Gasteiger partial charge in [0.15, 0.2) is 6.61 Å². The molecular formula is C16H17BrN2O5. The Morgan fingerprint density at radius 1 is 1.21 bits per heavy atom. The highest BCUT2D eigenvalue weighted by atomic mass is 79.9. The van der Waals surface area contributed by atoms with Gasteiger partial charge in [0, 0.05) is 30.9 Å². The van der Waals surface area contributed by atoms with E-state index in [1.807, 2.05) is 24.3 Å². The minimum Gasteiger partial charge on any atom is -0.454 e. The van der Waals surface area contributed by atoms with Crippen molar-refractivity contribution in [2.45, 2.75) is 19.4 Å². The smallest absolute Gasteiger partial charge is 0.326 e. The Morgan fingerprint density at radius 3 is 2.46 bits per heavy atom. The molecule has 1 aliphatic rings. The van der Waals surface area contributed by atoms with Crippen molar-refractivity contribution in [2.75, 3.05) is 20.2 Å². The number of esters is 1. The molecule has 1 aromatic rings. The number of rotatable bonds is 6. The largest absolute Gasteiger partial charge is 0.454 e. The Hall–Kier alpha value is -2.22. The highest BCUT2D eigenvalue weighted by Crippen LogP contribution is 2.17. The van der Waals surface area contributed by atoms with Gasteiger partial charge >= 0.3 is 5.97 Å². The van der Waals surface area contributed by atoms with Crippen LogP contribution in [0.25, 0.3) is 0 Å². The molecule has 0 atom stereocenters. The summed E-state index contributed by atoms with van der Waals surface area (Å²) < 4.78 is 5.75. The van der Waals surface area contributed by atoms with Crippen molar-refractivity contribution < 1.29 is 23.9 Å². The molecule has 0 radical (unpaired) electrons. The molecule has 0 saturated carbocycles. The summed E-state index contributed by atoms with van der Waals surface area (Å²) >= 11 is 3.40. The van der Waals surface area contributed by atoms with E-state index >= 15 is 0 Å². The molecule has 24 heavy (non-hydrogen) atoms. The van der Waals surface area contributed by atoms with E-state index < -0.39 is 30.9 Å². The molecule has 8 heteroatoms. The Bertz CT molecular complexity index is 660. The van der Waals surface area contributed by atoms with Crippen LogP contribution in [0.15, 0.2) is 28.7 Å². The second-order valence-electron chi connectivity index (χ2n) is 5.38. The topological polar surface area (TPSA) is 84.0 Å². The van der Waals surface area contributed by atoms with Gasteiger partial charge in [-0.1, -0.05) is 34.1 Å². The summed E-state index contributed by atoms with van der Waals surface area (Å²) in [6.45, 7) is -0.518. The quantitative estimate of drug-likeness (QED) is 0.530. The SMILES string of the molecule is CN(Cc1ccccc1Br)C(=O)COC(=O)CN1C(=O)CCC1=O. The van der Waals surface area contributed by atoms with Crippen LogP contribution in [0.2, 0.25) is 0 Å². The number of halogens is 1. The summed E-state index contributed by atoms with van der Waals surface area (Å²) in [5.74, 6) is -1.94. The van der Waals surface area contributed by atoms with Crippen molar-refractivity contribution in [2.24, 2.45) is 0 Å². The minimum absolute atomic E-state index is 0.111. The van der Waals surface area contributed by atoms with Gasteiger partial charge in [0.25, 0.3) is 5.91 Å². The molecule has 1 fully saturated rings.